The molecule has 5 rings (SSSR count). The molecule has 0 aliphatic heterocycles. The van der Waals surface area contributed by atoms with Gasteiger partial charge in [0, 0.05) is 22.4 Å². The van der Waals surface area contributed by atoms with Gasteiger partial charge < -0.3 is 19.8 Å². The Hall–Kier alpha value is -2.63. The van der Waals surface area contributed by atoms with Crippen molar-refractivity contribution in [1.29, 1.82) is 0 Å². The van der Waals surface area contributed by atoms with Crippen molar-refractivity contribution in [2.75, 3.05) is 18.3 Å². The normalized spacial score (nSPS) is 12.1. The van der Waals surface area contributed by atoms with Crippen molar-refractivity contribution >= 4 is 82.4 Å². The van der Waals surface area contributed by atoms with Crippen molar-refractivity contribution < 1.29 is 136 Å². The predicted molar refractivity (Wildman–Crippen MR) is 166 cm³/mol. The number of fused-ring (bicyclic) bond motifs is 2. The second kappa shape index (κ2) is 21.7. The van der Waals surface area contributed by atoms with Gasteiger partial charge in [-0.1, -0.05) is 29.1 Å². The maximum absolute atomic E-state index is 12.8. The fraction of sp³-hybridized carbons (Fsp3) is 0.0714. The van der Waals surface area contributed by atoms with Crippen LogP contribution in [0.3, 0.4) is 0 Å². The number of hydrazone groups is 1. The molecule has 4 aromatic rings. The molecule has 0 saturated carbocycles. The number of allylic oxidation sites excluding steroid dienone is 1. The fourth-order valence-electron chi connectivity index (χ4n) is 4.10. The molecule has 4 aromatic carbocycles. The number of Topliss-reactive ketones (excluding diaryl/α,β-unsaturated/α-hetero) is 1. The SMILES string of the molecule is COc1cc(N=Nc2ccc3[c-]cccc3c2S(=O)(=O)[O-])c(C)cc1NN=C1[C-]=Cc2cc(N)ccc2C1=O.O=S(=O)=O.O=S(=O)=O.[Na+].[Na+].[Na+]. The Bertz CT molecular complexity index is 2280. The van der Waals surface area contributed by atoms with E-state index in [1.807, 2.05) is 0 Å². The summed E-state index contributed by atoms with van der Waals surface area (Å²) in [5, 5.41) is 13.1. The third kappa shape index (κ3) is 13.5. The quantitative estimate of drug-likeness (QED) is 0.0464. The van der Waals surface area contributed by atoms with E-state index >= 15 is 0 Å². The second-order valence-electron chi connectivity index (χ2n) is 8.98. The third-order valence-electron chi connectivity index (χ3n) is 5.99. The Kier molecular flexibility index (Phi) is 20.5. The van der Waals surface area contributed by atoms with E-state index in [1.165, 1.54) is 19.2 Å². The Balaban J connectivity index is 0.00000198. The molecule has 0 spiro atoms. The van der Waals surface area contributed by atoms with E-state index < -0.39 is 36.2 Å². The smallest absolute Gasteiger partial charge is 0.745 e. The molecule has 0 unspecified atom stereocenters. The molecule has 0 heterocycles. The standard InChI is InChI=1S/C28H21N5O5S.3Na.2O3S/c1-16-13-25(33-30-22-11-8-18-14-19(29)9-10-20(18)27(22)34)26(38-2)15-24(16)32-31-23-12-7-17-5-3-4-6-21(17)28(23)39(35,36)37;;;;2*1-4(2)3/h3-4,6-10,12-15,33H,29H2,1-2H3,(H,35,36,37);;;;;/q-2;3*+1;;/p-1. The number of benzene rings is 4. The van der Waals surface area contributed by atoms with Gasteiger partial charge in [0.1, 0.15) is 15.9 Å². The monoisotopic (exact) mass is 767 g/mol. The Morgan fingerprint density at radius 2 is 1.52 bits per heavy atom. The first kappa shape index (κ1) is 47.4. The molecule has 0 radical (unpaired) electrons. The van der Waals surface area contributed by atoms with Gasteiger partial charge in [0.15, 0.2) is 0 Å². The van der Waals surface area contributed by atoms with Crippen LogP contribution in [0.1, 0.15) is 21.5 Å². The van der Waals surface area contributed by atoms with Gasteiger partial charge in [-0.3, -0.25) is 5.43 Å². The van der Waals surface area contributed by atoms with Crippen molar-refractivity contribution in [3.63, 3.8) is 0 Å². The number of hydrogen-bond acceptors (Lipinski definition) is 16. The van der Waals surface area contributed by atoms with Crippen LogP contribution in [-0.2, 0) is 31.3 Å². The molecular formula is C28H20N5Na3O11S3. The van der Waals surface area contributed by atoms with Gasteiger partial charge >= 0.3 is 110 Å². The molecule has 0 amide bonds. The first-order chi connectivity index (χ1) is 22.1. The molecule has 22 heteroatoms. The maximum atomic E-state index is 12.8. The average Bonchev–Trinajstić information content (AvgIpc) is 2.98. The van der Waals surface area contributed by atoms with E-state index in [2.05, 4.69) is 32.9 Å². The molecule has 0 aromatic heterocycles. The summed E-state index contributed by atoms with van der Waals surface area (Å²) in [7, 11) is -9.63. The summed E-state index contributed by atoms with van der Waals surface area (Å²) in [4.78, 5) is 12.3. The number of nitrogen functional groups attached to an aromatic ring is 1. The molecule has 0 fully saturated rings. The van der Waals surface area contributed by atoms with Gasteiger partial charge in [-0.05, 0) is 24.6 Å². The number of anilines is 2. The molecule has 16 nitrogen and oxygen atoms in total. The number of nitrogens with one attached hydrogen (secondary N) is 1. The largest absolute Gasteiger partial charge is 1.00 e. The van der Waals surface area contributed by atoms with E-state index in [1.54, 1.807) is 61.5 Å². The number of carbonyl (C=O) groups excluding carboxylic acids is 1. The fourth-order valence-corrected chi connectivity index (χ4v) is 4.91. The molecule has 0 atom stereocenters. The van der Waals surface area contributed by atoms with Gasteiger partial charge in [0.25, 0.3) is 0 Å². The van der Waals surface area contributed by atoms with E-state index in [0.29, 0.717) is 44.9 Å². The number of carbonyl (C=O) groups is 1. The summed E-state index contributed by atoms with van der Waals surface area (Å²) >= 11 is 0. The number of methoxy groups -OCH3 is 1. The first-order valence-electron chi connectivity index (χ1n) is 12.5. The third-order valence-corrected chi connectivity index (χ3v) is 6.92. The topological polar surface area (TPSA) is 261 Å². The molecule has 3 N–H and O–H groups in total. The van der Waals surface area contributed by atoms with E-state index in [9.17, 15) is 17.8 Å². The number of nitrogens with zero attached hydrogens (tertiary/aromatic N) is 3. The number of ether oxygens (including phenoxy) is 1. The minimum Gasteiger partial charge on any atom is -0.745 e. The van der Waals surface area contributed by atoms with Gasteiger partial charge in [0.05, 0.1) is 30.0 Å². The summed E-state index contributed by atoms with van der Waals surface area (Å²) in [6.07, 6.45) is 4.50. The second-order valence-corrected chi connectivity index (χ2v) is 11.1. The summed E-state index contributed by atoms with van der Waals surface area (Å²) in [5.74, 6) is 0.0299. The van der Waals surface area contributed by atoms with Crippen LogP contribution in [-0.4, -0.2) is 56.8 Å². The molecule has 1 aliphatic rings. The van der Waals surface area contributed by atoms with Crippen molar-refractivity contribution in [1.82, 2.24) is 0 Å². The van der Waals surface area contributed by atoms with Crippen molar-refractivity contribution in [3.8, 4) is 5.75 Å². The van der Waals surface area contributed by atoms with Crippen molar-refractivity contribution in [3.05, 3.63) is 89.5 Å². The van der Waals surface area contributed by atoms with Crippen LogP contribution in [0, 0.1) is 19.1 Å². The molecular weight excluding hydrogens is 748 g/mol. The average molecular weight is 768 g/mol. The van der Waals surface area contributed by atoms with Crippen LogP contribution >= 0.6 is 0 Å². The summed E-state index contributed by atoms with van der Waals surface area (Å²) in [6.45, 7) is 1.76. The van der Waals surface area contributed by atoms with Gasteiger partial charge in [0.2, 0.25) is 0 Å². The van der Waals surface area contributed by atoms with Crippen LogP contribution in [0.4, 0.5) is 22.7 Å². The minimum absolute atomic E-state index is 0. The molecule has 0 bridgehead atoms. The Morgan fingerprint density at radius 1 is 0.900 bits per heavy atom. The zero-order chi connectivity index (χ0) is 34.9. The zero-order valence-corrected chi connectivity index (χ0v) is 35.4. The van der Waals surface area contributed by atoms with Crippen LogP contribution in [0.2, 0.25) is 0 Å². The van der Waals surface area contributed by atoms with Crippen LogP contribution in [0.25, 0.3) is 16.8 Å². The first-order valence-corrected chi connectivity index (χ1v) is 15.9. The van der Waals surface area contributed by atoms with Crippen LogP contribution in [0.15, 0.2) is 80.9 Å². The van der Waals surface area contributed by atoms with Crippen LogP contribution < -0.4 is 105 Å². The number of aryl methyl sites for hydroxylation is 1. The van der Waals surface area contributed by atoms with Crippen molar-refractivity contribution in [2.24, 2.45) is 15.3 Å². The van der Waals surface area contributed by atoms with Crippen LogP contribution in [0.5, 0.6) is 5.75 Å². The maximum Gasteiger partial charge on any atom is 1.00 e. The number of nitrogens with two attached hydrogens (primary N) is 1. The molecule has 244 valence electrons. The Morgan fingerprint density at radius 3 is 2.12 bits per heavy atom. The van der Waals surface area contributed by atoms with E-state index in [0.717, 1.165) is 0 Å². The number of rotatable bonds is 6. The van der Waals surface area contributed by atoms with Crippen molar-refractivity contribution in [2.45, 2.75) is 11.8 Å². The predicted octanol–water partition coefficient (Wildman–Crippen LogP) is -5.66. The summed E-state index contributed by atoms with van der Waals surface area (Å²) < 4.78 is 92.3. The Labute approximate surface area is 355 Å². The van der Waals surface area contributed by atoms with E-state index in [4.69, 9.17) is 35.7 Å². The van der Waals surface area contributed by atoms with Gasteiger partial charge in [-0.25, -0.2) is 8.42 Å². The van der Waals surface area contributed by atoms with E-state index in [-0.39, 0.29) is 111 Å². The molecule has 0 saturated heterocycles. The van der Waals surface area contributed by atoms with Gasteiger partial charge in [-0.2, -0.15) is 27.5 Å². The number of azo groups is 1. The molecule has 1 aliphatic carbocycles. The zero-order valence-electron chi connectivity index (χ0n) is 27.0. The number of hydrogen-bond donors (Lipinski definition) is 2. The summed E-state index contributed by atoms with van der Waals surface area (Å²) in [5.41, 5.74) is 11.7. The van der Waals surface area contributed by atoms with Gasteiger partial charge in [-0.15, -0.1) is 66.5 Å². The minimum atomic E-state index is -4.85. The number of ketones is 1. The molecule has 50 heavy (non-hydrogen) atoms. The summed E-state index contributed by atoms with van der Waals surface area (Å²) in [6, 6.07) is 18.9.